The van der Waals surface area contributed by atoms with E-state index in [1.54, 1.807) is 6.07 Å². The molecule has 1 aliphatic heterocycles. The van der Waals surface area contributed by atoms with Gasteiger partial charge in [0.1, 0.15) is 5.76 Å². The Bertz CT molecular complexity index is 445. The van der Waals surface area contributed by atoms with Crippen molar-refractivity contribution < 1.29 is 9.32 Å². The molecule has 2 heterocycles. The van der Waals surface area contributed by atoms with Crippen LogP contribution < -0.4 is 10.6 Å². The van der Waals surface area contributed by atoms with E-state index in [-0.39, 0.29) is 24.4 Å². The minimum absolute atomic E-state index is 0. The second-order valence-electron chi connectivity index (χ2n) is 5.44. The van der Waals surface area contributed by atoms with Crippen LogP contribution in [0, 0.1) is 0 Å². The van der Waals surface area contributed by atoms with Crippen LogP contribution in [-0.2, 0) is 0 Å². The Kier molecular flexibility index (Phi) is 4.47. The number of hydrogen-bond acceptors (Lipinski definition) is 4. The molecule has 0 aromatic carbocycles. The molecule has 19 heavy (non-hydrogen) atoms. The fourth-order valence-electron chi connectivity index (χ4n) is 2.48. The minimum atomic E-state index is -0.107. The van der Waals surface area contributed by atoms with Gasteiger partial charge in [-0.25, -0.2) is 0 Å². The molecule has 0 radical (unpaired) electrons. The Balaban J connectivity index is 0.00000133. The SMILES string of the molecule is C[C@@H]1C[C@@H](NC(=O)c2cc(C3CC3)on2)CCN1.Cl. The second kappa shape index (κ2) is 5.92. The molecule has 1 amide bonds. The van der Waals surface area contributed by atoms with Crippen LogP contribution in [0.2, 0.25) is 0 Å². The molecule has 5 nitrogen and oxygen atoms in total. The van der Waals surface area contributed by atoms with Crippen LogP contribution in [0.1, 0.15) is 54.8 Å². The molecule has 1 aromatic heterocycles. The molecule has 1 aromatic rings. The molecule has 3 rings (SSSR count). The predicted octanol–water partition coefficient (Wildman–Crippen LogP) is 1.84. The van der Waals surface area contributed by atoms with Crippen molar-refractivity contribution in [3.63, 3.8) is 0 Å². The number of hydrogen-bond donors (Lipinski definition) is 2. The summed E-state index contributed by atoms with van der Waals surface area (Å²) in [6, 6.07) is 2.50. The summed E-state index contributed by atoms with van der Waals surface area (Å²) in [5.74, 6) is 1.25. The fraction of sp³-hybridized carbons (Fsp3) is 0.692. The average Bonchev–Trinajstić information content (AvgIpc) is 3.07. The van der Waals surface area contributed by atoms with Gasteiger partial charge in [-0.3, -0.25) is 4.79 Å². The van der Waals surface area contributed by atoms with Crippen LogP contribution in [0.4, 0.5) is 0 Å². The summed E-state index contributed by atoms with van der Waals surface area (Å²) in [5, 5.41) is 10.3. The number of rotatable bonds is 3. The fourth-order valence-corrected chi connectivity index (χ4v) is 2.48. The molecule has 0 unspecified atom stereocenters. The predicted molar refractivity (Wildman–Crippen MR) is 73.7 cm³/mol. The van der Waals surface area contributed by atoms with Crippen LogP contribution in [0.25, 0.3) is 0 Å². The van der Waals surface area contributed by atoms with Gasteiger partial charge in [-0.15, -0.1) is 12.4 Å². The van der Waals surface area contributed by atoms with Crippen molar-refractivity contribution in [1.29, 1.82) is 0 Å². The zero-order valence-corrected chi connectivity index (χ0v) is 11.8. The third kappa shape index (κ3) is 3.48. The van der Waals surface area contributed by atoms with Crippen molar-refractivity contribution in [3.8, 4) is 0 Å². The number of amides is 1. The highest BCUT2D eigenvalue weighted by Gasteiger charge is 2.29. The first kappa shape index (κ1) is 14.3. The standard InChI is InChI=1S/C13H19N3O2.ClH/c1-8-6-10(4-5-14-8)15-13(17)11-7-12(18-16-11)9-2-3-9;/h7-10,14H,2-6H2,1H3,(H,15,17);1H/t8-,10+;/m1./s1. The highest BCUT2D eigenvalue weighted by Crippen LogP contribution is 2.40. The topological polar surface area (TPSA) is 67.2 Å². The monoisotopic (exact) mass is 285 g/mol. The Labute approximate surface area is 118 Å². The molecule has 1 saturated carbocycles. The molecule has 0 spiro atoms. The molecule has 1 aliphatic carbocycles. The summed E-state index contributed by atoms with van der Waals surface area (Å²) in [5.41, 5.74) is 0.420. The average molecular weight is 286 g/mol. The van der Waals surface area contributed by atoms with E-state index in [9.17, 15) is 4.79 Å². The summed E-state index contributed by atoms with van der Waals surface area (Å²) in [6.45, 7) is 3.10. The molecule has 6 heteroatoms. The van der Waals surface area contributed by atoms with Crippen molar-refractivity contribution in [2.24, 2.45) is 0 Å². The van der Waals surface area contributed by atoms with Crippen molar-refractivity contribution in [1.82, 2.24) is 15.8 Å². The lowest BCUT2D eigenvalue weighted by Gasteiger charge is -2.28. The van der Waals surface area contributed by atoms with Crippen molar-refractivity contribution in [2.75, 3.05) is 6.54 Å². The van der Waals surface area contributed by atoms with Gasteiger partial charge in [0.15, 0.2) is 5.69 Å². The Hall–Kier alpha value is -1.07. The van der Waals surface area contributed by atoms with Gasteiger partial charge in [-0.05, 0) is 39.2 Å². The third-order valence-electron chi connectivity index (χ3n) is 3.70. The van der Waals surface area contributed by atoms with E-state index in [0.29, 0.717) is 17.7 Å². The number of piperidine rings is 1. The Morgan fingerprint density at radius 2 is 2.26 bits per heavy atom. The lowest BCUT2D eigenvalue weighted by molar-refractivity contribution is 0.0916. The second-order valence-corrected chi connectivity index (χ2v) is 5.44. The van der Waals surface area contributed by atoms with Crippen LogP contribution >= 0.6 is 12.4 Å². The van der Waals surface area contributed by atoms with Gasteiger partial charge in [0.05, 0.1) is 0 Å². The summed E-state index contributed by atoms with van der Waals surface area (Å²) < 4.78 is 5.20. The largest absolute Gasteiger partial charge is 0.360 e. The number of nitrogens with zero attached hydrogens (tertiary/aromatic N) is 1. The van der Waals surface area contributed by atoms with E-state index in [0.717, 1.165) is 38.0 Å². The zero-order valence-electron chi connectivity index (χ0n) is 11.0. The van der Waals surface area contributed by atoms with E-state index in [4.69, 9.17) is 4.52 Å². The Morgan fingerprint density at radius 3 is 2.95 bits per heavy atom. The highest BCUT2D eigenvalue weighted by molar-refractivity contribution is 5.92. The van der Waals surface area contributed by atoms with E-state index in [1.165, 1.54) is 0 Å². The van der Waals surface area contributed by atoms with Gasteiger partial charge in [0, 0.05) is 24.1 Å². The maximum absolute atomic E-state index is 12.0. The smallest absolute Gasteiger partial charge is 0.273 e. The van der Waals surface area contributed by atoms with Crippen LogP contribution in [0.15, 0.2) is 10.6 Å². The molecule has 2 fully saturated rings. The highest BCUT2D eigenvalue weighted by atomic mass is 35.5. The molecule has 2 atom stereocenters. The maximum atomic E-state index is 12.0. The van der Waals surface area contributed by atoms with Gasteiger partial charge in [-0.1, -0.05) is 5.16 Å². The normalized spacial score (nSPS) is 26.6. The lowest BCUT2D eigenvalue weighted by Crippen LogP contribution is -2.46. The Morgan fingerprint density at radius 1 is 1.47 bits per heavy atom. The maximum Gasteiger partial charge on any atom is 0.273 e. The summed E-state index contributed by atoms with van der Waals surface area (Å²) in [4.78, 5) is 12.0. The number of carbonyl (C=O) groups excluding carboxylic acids is 1. The van der Waals surface area contributed by atoms with Crippen LogP contribution in [0.5, 0.6) is 0 Å². The van der Waals surface area contributed by atoms with Crippen molar-refractivity contribution in [3.05, 3.63) is 17.5 Å². The van der Waals surface area contributed by atoms with E-state index < -0.39 is 0 Å². The van der Waals surface area contributed by atoms with Crippen molar-refractivity contribution >= 4 is 18.3 Å². The first-order valence-electron chi connectivity index (χ1n) is 6.73. The molecule has 2 N–H and O–H groups in total. The van der Waals surface area contributed by atoms with Gasteiger partial charge in [0.2, 0.25) is 0 Å². The number of aromatic nitrogens is 1. The van der Waals surface area contributed by atoms with Gasteiger partial charge in [-0.2, -0.15) is 0 Å². The summed E-state index contributed by atoms with van der Waals surface area (Å²) >= 11 is 0. The molecular weight excluding hydrogens is 266 g/mol. The number of carbonyl (C=O) groups is 1. The minimum Gasteiger partial charge on any atom is -0.360 e. The molecule has 2 aliphatic rings. The lowest BCUT2D eigenvalue weighted by atomic mass is 10.0. The van der Waals surface area contributed by atoms with Crippen LogP contribution in [-0.4, -0.2) is 29.7 Å². The van der Waals surface area contributed by atoms with E-state index in [1.807, 2.05) is 0 Å². The molecule has 1 saturated heterocycles. The molecule has 106 valence electrons. The van der Waals surface area contributed by atoms with E-state index in [2.05, 4.69) is 22.7 Å². The quantitative estimate of drug-likeness (QED) is 0.889. The van der Waals surface area contributed by atoms with Gasteiger partial charge in [0.25, 0.3) is 5.91 Å². The van der Waals surface area contributed by atoms with Crippen LogP contribution in [0.3, 0.4) is 0 Å². The zero-order chi connectivity index (χ0) is 12.5. The first-order chi connectivity index (χ1) is 8.72. The number of nitrogens with one attached hydrogen (secondary N) is 2. The molecule has 0 bridgehead atoms. The van der Waals surface area contributed by atoms with Gasteiger partial charge >= 0.3 is 0 Å². The van der Waals surface area contributed by atoms with E-state index >= 15 is 0 Å². The number of halogens is 1. The first-order valence-corrected chi connectivity index (χ1v) is 6.73. The third-order valence-corrected chi connectivity index (χ3v) is 3.70. The molecular formula is C13H20ClN3O2. The van der Waals surface area contributed by atoms with Gasteiger partial charge < -0.3 is 15.2 Å². The summed E-state index contributed by atoms with van der Waals surface area (Å²) in [6.07, 6.45) is 4.26. The summed E-state index contributed by atoms with van der Waals surface area (Å²) in [7, 11) is 0. The van der Waals surface area contributed by atoms with Crippen molar-refractivity contribution in [2.45, 2.75) is 50.6 Å².